The van der Waals surface area contributed by atoms with E-state index in [1.165, 1.54) is 16.1 Å². The normalized spacial score (nSPS) is 14.9. The summed E-state index contributed by atoms with van der Waals surface area (Å²) in [5, 5.41) is 2.04. The number of anilines is 1. The fourth-order valence-electron chi connectivity index (χ4n) is 3.52. The number of aryl methyl sites for hydroxylation is 1. The first-order chi connectivity index (χ1) is 13.0. The van der Waals surface area contributed by atoms with Crippen molar-refractivity contribution in [3.63, 3.8) is 0 Å². The quantitative estimate of drug-likeness (QED) is 0.679. The third-order valence-corrected chi connectivity index (χ3v) is 7.38. The second-order valence-electron chi connectivity index (χ2n) is 6.77. The summed E-state index contributed by atoms with van der Waals surface area (Å²) in [6, 6.07) is 19.4. The molecule has 140 valence electrons. The van der Waals surface area contributed by atoms with Crippen LogP contribution >= 0.6 is 11.3 Å². The maximum Gasteiger partial charge on any atom is 0.240 e. The molecule has 1 aromatic heterocycles. The Morgan fingerprint density at radius 2 is 1.85 bits per heavy atom. The molecule has 0 fully saturated rings. The molecule has 0 saturated carbocycles. The maximum absolute atomic E-state index is 12.8. The lowest BCUT2D eigenvalue weighted by Crippen LogP contribution is -2.37. The van der Waals surface area contributed by atoms with Gasteiger partial charge in [0.05, 0.1) is 10.9 Å². The van der Waals surface area contributed by atoms with Crippen molar-refractivity contribution in [2.75, 3.05) is 18.0 Å². The zero-order valence-electron chi connectivity index (χ0n) is 15.1. The highest BCUT2D eigenvalue weighted by Gasteiger charge is 2.29. The molecule has 0 radical (unpaired) electrons. The smallest absolute Gasteiger partial charge is 0.240 e. The van der Waals surface area contributed by atoms with Gasteiger partial charge in [-0.15, -0.1) is 11.3 Å². The Hall–Kier alpha value is -2.15. The number of rotatable bonds is 6. The van der Waals surface area contributed by atoms with Crippen LogP contribution in [0.15, 0.2) is 70.9 Å². The van der Waals surface area contributed by atoms with E-state index in [9.17, 15) is 8.42 Å². The van der Waals surface area contributed by atoms with E-state index < -0.39 is 10.0 Å². The monoisotopic (exact) mass is 398 g/mol. The average Bonchev–Trinajstić information content (AvgIpc) is 3.33. The fraction of sp³-hybridized carbons (Fsp3) is 0.238. The highest BCUT2D eigenvalue weighted by molar-refractivity contribution is 7.89. The van der Waals surface area contributed by atoms with Gasteiger partial charge < -0.3 is 4.90 Å². The van der Waals surface area contributed by atoms with Crippen molar-refractivity contribution >= 4 is 27.0 Å². The molecule has 1 atom stereocenters. The predicted molar refractivity (Wildman–Crippen MR) is 111 cm³/mol. The summed E-state index contributed by atoms with van der Waals surface area (Å²) >= 11 is 1.66. The molecule has 4 nitrogen and oxygen atoms in total. The Balaban J connectivity index is 1.59. The average molecular weight is 399 g/mol. The van der Waals surface area contributed by atoms with Gasteiger partial charge in [0.2, 0.25) is 10.0 Å². The standard InChI is InChI=1S/C21H22N2O2S2/c1-16-8-10-18(11-9-16)27(24,25)22-15-20(21-7-4-14-26-21)23-13-12-17-5-2-3-6-19(17)23/h2-11,14,20,22H,12-13,15H2,1H3/t20-/m1/s1. The summed E-state index contributed by atoms with van der Waals surface area (Å²) in [6.45, 7) is 3.18. The number of hydrogen-bond donors (Lipinski definition) is 1. The van der Waals surface area contributed by atoms with E-state index in [4.69, 9.17) is 0 Å². The summed E-state index contributed by atoms with van der Waals surface area (Å²) in [5.74, 6) is 0. The fourth-order valence-corrected chi connectivity index (χ4v) is 5.40. The lowest BCUT2D eigenvalue weighted by molar-refractivity contribution is 0.565. The van der Waals surface area contributed by atoms with Crippen LogP contribution in [0.25, 0.3) is 0 Å². The van der Waals surface area contributed by atoms with Crippen LogP contribution in [0.2, 0.25) is 0 Å². The van der Waals surface area contributed by atoms with E-state index in [0.717, 1.165) is 18.5 Å². The molecular weight excluding hydrogens is 376 g/mol. The topological polar surface area (TPSA) is 49.4 Å². The molecule has 0 amide bonds. The van der Waals surface area contributed by atoms with Gasteiger partial charge in [0.1, 0.15) is 0 Å². The lowest BCUT2D eigenvalue weighted by atomic mass is 10.1. The zero-order valence-corrected chi connectivity index (χ0v) is 16.8. The van der Waals surface area contributed by atoms with Crippen molar-refractivity contribution in [2.45, 2.75) is 24.3 Å². The maximum atomic E-state index is 12.8. The first-order valence-electron chi connectivity index (χ1n) is 8.99. The molecule has 2 heterocycles. The van der Waals surface area contributed by atoms with E-state index >= 15 is 0 Å². The van der Waals surface area contributed by atoms with Crippen molar-refractivity contribution in [1.29, 1.82) is 0 Å². The molecule has 0 aliphatic carbocycles. The molecule has 0 spiro atoms. The van der Waals surface area contributed by atoms with Crippen LogP contribution in [0.4, 0.5) is 5.69 Å². The minimum atomic E-state index is -3.54. The van der Waals surface area contributed by atoms with Gasteiger partial charge in [0.15, 0.2) is 0 Å². The Bertz CT molecular complexity index is 1010. The summed E-state index contributed by atoms with van der Waals surface area (Å²) in [6.07, 6.45) is 0.989. The summed E-state index contributed by atoms with van der Waals surface area (Å²) in [4.78, 5) is 3.79. The van der Waals surface area contributed by atoms with Gasteiger partial charge in [-0.2, -0.15) is 0 Å². The van der Waals surface area contributed by atoms with Crippen LogP contribution < -0.4 is 9.62 Å². The highest BCUT2D eigenvalue weighted by Crippen LogP contribution is 2.36. The predicted octanol–water partition coefficient (Wildman–Crippen LogP) is 4.14. The van der Waals surface area contributed by atoms with Crippen molar-refractivity contribution in [3.05, 3.63) is 82.0 Å². The first kappa shape index (κ1) is 18.2. The molecule has 6 heteroatoms. The molecule has 27 heavy (non-hydrogen) atoms. The van der Waals surface area contributed by atoms with Crippen LogP contribution in [-0.2, 0) is 16.4 Å². The third kappa shape index (κ3) is 3.78. The van der Waals surface area contributed by atoms with E-state index in [1.54, 1.807) is 23.5 Å². The molecule has 0 bridgehead atoms. The molecule has 1 aliphatic heterocycles. The molecule has 0 unspecified atom stereocenters. The van der Waals surface area contributed by atoms with Crippen molar-refractivity contribution < 1.29 is 8.42 Å². The number of thiophene rings is 1. The molecule has 4 rings (SSSR count). The second kappa shape index (κ2) is 7.46. The number of fused-ring (bicyclic) bond motifs is 1. The summed E-state index contributed by atoms with van der Waals surface area (Å²) in [5.41, 5.74) is 3.56. The van der Waals surface area contributed by atoms with Crippen molar-refractivity contribution in [2.24, 2.45) is 0 Å². The molecule has 2 aromatic carbocycles. The van der Waals surface area contributed by atoms with Crippen LogP contribution in [-0.4, -0.2) is 21.5 Å². The van der Waals surface area contributed by atoms with Crippen LogP contribution in [0.5, 0.6) is 0 Å². The summed E-state index contributed by atoms with van der Waals surface area (Å²) < 4.78 is 28.3. The molecule has 0 saturated heterocycles. The van der Waals surface area contributed by atoms with Gasteiger partial charge in [0.25, 0.3) is 0 Å². The number of hydrogen-bond acceptors (Lipinski definition) is 4. The minimum Gasteiger partial charge on any atom is -0.362 e. The molecular formula is C21H22N2O2S2. The Labute approximate surface area is 164 Å². The number of para-hydroxylation sites is 1. The molecule has 3 aromatic rings. The number of benzene rings is 2. The van der Waals surface area contributed by atoms with Gasteiger partial charge in [0, 0.05) is 23.7 Å². The van der Waals surface area contributed by atoms with Gasteiger partial charge in [-0.3, -0.25) is 0 Å². The number of nitrogens with zero attached hydrogens (tertiary/aromatic N) is 1. The van der Waals surface area contributed by atoms with E-state index in [1.807, 2.05) is 36.6 Å². The van der Waals surface area contributed by atoms with Gasteiger partial charge >= 0.3 is 0 Å². The Morgan fingerprint density at radius 1 is 1.07 bits per heavy atom. The Kier molecular flexibility index (Phi) is 5.04. The summed E-state index contributed by atoms with van der Waals surface area (Å²) in [7, 11) is -3.54. The Morgan fingerprint density at radius 3 is 2.59 bits per heavy atom. The van der Waals surface area contributed by atoms with Crippen molar-refractivity contribution in [1.82, 2.24) is 4.72 Å². The zero-order chi connectivity index (χ0) is 18.9. The third-order valence-electron chi connectivity index (χ3n) is 4.97. The number of nitrogens with one attached hydrogen (secondary N) is 1. The van der Waals surface area contributed by atoms with Crippen LogP contribution in [0.1, 0.15) is 22.0 Å². The van der Waals surface area contributed by atoms with Gasteiger partial charge in [-0.25, -0.2) is 13.1 Å². The SMILES string of the molecule is Cc1ccc(S(=O)(=O)NC[C@H](c2cccs2)N2CCc3ccccc32)cc1. The van der Waals surface area contributed by atoms with E-state index in [2.05, 4.69) is 33.9 Å². The van der Waals surface area contributed by atoms with Crippen molar-refractivity contribution in [3.8, 4) is 0 Å². The van der Waals surface area contributed by atoms with Crippen LogP contribution in [0, 0.1) is 6.92 Å². The van der Waals surface area contributed by atoms with E-state index in [0.29, 0.717) is 11.4 Å². The minimum absolute atomic E-state index is 0.0196. The largest absolute Gasteiger partial charge is 0.362 e. The van der Waals surface area contributed by atoms with Gasteiger partial charge in [-0.05, 0) is 48.6 Å². The molecule has 1 aliphatic rings. The molecule has 1 N–H and O–H groups in total. The second-order valence-corrected chi connectivity index (χ2v) is 9.51. The van der Waals surface area contributed by atoms with Gasteiger partial charge in [-0.1, -0.05) is 42.0 Å². The van der Waals surface area contributed by atoms with Crippen LogP contribution in [0.3, 0.4) is 0 Å². The lowest BCUT2D eigenvalue weighted by Gasteiger charge is -2.30. The van der Waals surface area contributed by atoms with E-state index in [-0.39, 0.29) is 6.04 Å². The highest BCUT2D eigenvalue weighted by atomic mass is 32.2. The first-order valence-corrected chi connectivity index (χ1v) is 11.4. The number of sulfonamides is 1.